The molecular formula is C22H20BrFN6O3S. The van der Waals surface area contributed by atoms with Gasteiger partial charge in [-0.05, 0) is 65.5 Å². The predicted molar refractivity (Wildman–Crippen MR) is 129 cm³/mol. The van der Waals surface area contributed by atoms with Gasteiger partial charge in [0.05, 0.1) is 0 Å². The van der Waals surface area contributed by atoms with E-state index in [1.165, 1.54) is 31.4 Å². The summed E-state index contributed by atoms with van der Waals surface area (Å²) in [6.45, 7) is 0. The lowest BCUT2D eigenvalue weighted by atomic mass is 9.87. The molecule has 3 aromatic rings. The normalized spacial score (nSPS) is 23.4. The smallest absolute Gasteiger partial charge is 0.276 e. The number of hydrogen-bond acceptors (Lipinski definition) is 7. The van der Waals surface area contributed by atoms with Crippen LogP contribution in [-0.2, 0) is 15.6 Å². The van der Waals surface area contributed by atoms with Gasteiger partial charge in [0.1, 0.15) is 22.1 Å². The summed E-state index contributed by atoms with van der Waals surface area (Å²) in [5.74, 6) is -1.34. The molecule has 9 nitrogen and oxygen atoms in total. The molecule has 0 spiro atoms. The van der Waals surface area contributed by atoms with E-state index in [1.54, 1.807) is 12.3 Å². The van der Waals surface area contributed by atoms with Gasteiger partial charge in [-0.2, -0.15) is 0 Å². The van der Waals surface area contributed by atoms with E-state index in [1.807, 2.05) is 6.07 Å². The zero-order chi connectivity index (χ0) is 24.3. The molecule has 1 amide bonds. The lowest BCUT2D eigenvalue weighted by Crippen LogP contribution is -2.55. The average Bonchev–Trinajstić information content (AvgIpc) is 3.24. The van der Waals surface area contributed by atoms with Crippen LogP contribution in [0.25, 0.3) is 10.9 Å². The Kier molecular flexibility index (Phi) is 5.32. The van der Waals surface area contributed by atoms with Crippen molar-refractivity contribution in [3.8, 4) is 0 Å². The standard InChI is InChI=1S/C22H20BrFN6O3S/c1-30-21(25)29-22(7-2-3-17(22)34(30,32)33)15-10-14(4-5-16(15)24)28-20(31)19-18-12(6-8-26-19)9-13(23)11-27-18/h4-6,8-11,17H,2-3,7H2,1H3,(H2,25,29)(H,28,31)/t17-,22-/m1/s1. The van der Waals surface area contributed by atoms with Crippen molar-refractivity contribution in [1.82, 2.24) is 14.3 Å². The van der Waals surface area contributed by atoms with Crippen LogP contribution < -0.4 is 11.1 Å². The lowest BCUT2D eigenvalue weighted by Gasteiger charge is -2.39. The van der Waals surface area contributed by atoms with Gasteiger partial charge in [-0.3, -0.25) is 9.78 Å². The second kappa shape index (κ2) is 7.98. The molecule has 5 rings (SSSR count). The molecule has 3 heterocycles. The van der Waals surface area contributed by atoms with Gasteiger partial charge in [0.25, 0.3) is 5.91 Å². The van der Waals surface area contributed by atoms with Gasteiger partial charge in [-0.15, -0.1) is 0 Å². The van der Waals surface area contributed by atoms with Gasteiger partial charge in [-0.25, -0.2) is 27.1 Å². The first-order valence-corrected chi connectivity index (χ1v) is 12.8. The van der Waals surface area contributed by atoms with Crippen LogP contribution in [0.15, 0.2) is 52.2 Å². The van der Waals surface area contributed by atoms with E-state index in [2.05, 4.69) is 36.2 Å². The van der Waals surface area contributed by atoms with Crippen LogP contribution in [0, 0.1) is 5.82 Å². The number of aromatic nitrogens is 2. The summed E-state index contributed by atoms with van der Waals surface area (Å²) in [6, 6.07) is 7.58. The van der Waals surface area contributed by atoms with E-state index in [0.29, 0.717) is 24.8 Å². The quantitative estimate of drug-likeness (QED) is 0.518. The summed E-state index contributed by atoms with van der Waals surface area (Å²) in [6.07, 6.45) is 4.28. The van der Waals surface area contributed by atoms with Crippen LogP contribution in [0.5, 0.6) is 0 Å². The number of carbonyl (C=O) groups excluding carboxylic acids is 1. The lowest BCUT2D eigenvalue weighted by molar-refractivity contribution is 0.102. The topological polar surface area (TPSA) is 131 Å². The Bertz CT molecular complexity index is 1480. The number of pyridine rings is 2. The number of nitrogens with zero attached hydrogens (tertiary/aromatic N) is 4. The zero-order valence-electron chi connectivity index (χ0n) is 18.0. The third-order valence-corrected chi connectivity index (χ3v) is 9.14. The van der Waals surface area contributed by atoms with Crippen molar-refractivity contribution < 1.29 is 17.6 Å². The number of rotatable bonds is 3. The highest BCUT2D eigenvalue weighted by Crippen LogP contribution is 2.49. The maximum Gasteiger partial charge on any atom is 0.276 e. The molecule has 176 valence electrons. The fourth-order valence-corrected chi connectivity index (χ4v) is 7.06. The molecule has 2 atom stereocenters. The summed E-state index contributed by atoms with van der Waals surface area (Å²) >= 11 is 3.35. The second-order valence-electron chi connectivity index (χ2n) is 8.32. The van der Waals surface area contributed by atoms with Crippen molar-refractivity contribution in [2.45, 2.75) is 30.1 Å². The van der Waals surface area contributed by atoms with Crippen LogP contribution in [0.3, 0.4) is 0 Å². The number of nitrogens with one attached hydrogen (secondary N) is 1. The Balaban J connectivity index is 1.55. The number of anilines is 1. The van der Waals surface area contributed by atoms with Gasteiger partial charge < -0.3 is 11.1 Å². The van der Waals surface area contributed by atoms with Crippen LogP contribution in [0.1, 0.15) is 35.3 Å². The number of carbonyl (C=O) groups is 1. The maximum absolute atomic E-state index is 15.1. The minimum Gasteiger partial charge on any atom is -0.369 e. The summed E-state index contributed by atoms with van der Waals surface area (Å²) in [5, 5.41) is 2.51. The highest BCUT2D eigenvalue weighted by molar-refractivity contribution is 9.10. The minimum atomic E-state index is -3.82. The van der Waals surface area contributed by atoms with Crippen molar-refractivity contribution in [1.29, 1.82) is 0 Å². The van der Waals surface area contributed by atoms with Crippen LogP contribution in [0.2, 0.25) is 0 Å². The molecule has 0 unspecified atom stereocenters. The van der Waals surface area contributed by atoms with E-state index in [0.717, 1.165) is 14.2 Å². The van der Waals surface area contributed by atoms with Crippen molar-refractivity contribution in [2.75, 3.05) is 12.4 Å². The Labute approximate surface area is 203 Å². The molecule has 1 saturated carbocycles. The van der Waals surface area contributed by atoms with E-state index in [9.17, 15) is 13.2 Å². The fraction of sp³-hybridized carbons (Fsp3) is 0.273. The van der Waals surface area contributed by atoms with Crippen LogP contribution >= 0.6 is 15.9 Å². The van der Waals surface area contributed by atoms with Gasteiger partial charge in [-0.1, -0.05) is 0 Å². The Hall–Kier alpha value is -3.12. The highest BCUT2D eigenvalue weighted by Gasteiger charge is 2.56. The molecule has 0 radical (unpaired) electrons. The third-order valence-electron chi connectivity index (χ3n) is 6.41. The van der Waals surface area contributed by atoms with Crippen LogP contribution in [-0.4, -0.2) is 46.9 Å². The number of fused-ring (bicyclic) bond motifs is 2. The minimum absolute atomic E-state index is 0.0837. The number of nitrogens with two attached hydrogens (primary N) is 1. The molecule has 1 fully saturated rings. The molecule has 1 aliphatic carbocycles. The Morgan fingerprint density at radius 2 is 2.09 bits per heavy atom. The monoisotopic (exact) mass is 546 g/mol. The first kappa shape index (κ1) is 22.7. The van der Waals surface area contributed by atoms with Gasteiger partial charge in [0, 0.05) is 40.6 Å². The third kappa shape index (κ3) is 3.43. The molecule has 12 heteroatoms. The molecule has 1 aliphatic heterocycles. The summed E-state index contributed by atoms with van der Waals surface area (Å²) in [7, 11) is -2.48. The van der Waals surface area contributed by atoms with Gasteiger partial charge >= 0.3 is 0 Å². The summed E-state index contributed by atoms with van der Waals surface area (Å²) in [4.78, 5) is 26.0. The maximum atomic E-state index is 15.1. The predicted octanol–water partition coefficient (Wildman–Crippen LogP) is 3.12. The SMILES string of the molecule is CN1C(N)=N[C@@]2(c3cc(NC(=O)c4nccc5cc(Br)cnc45)ccc3F)CCC[C@H]2S1(=O)=O. The summed E-state index contributed by atoms with van der Waals surface area (Å²) in [5.41, 5.74) is 5.46. The second-order valence-corrected chi connectivity index (χ2v) is 11.4. The molecule has 34 heavy (non-hydrogen) atoms. The van der Waals surface area contributed by atoms with E-state index >= 15 is 4.39 Å². The number of hydrogen-bond donors (Lipinski definition) is 2. The van der Waals surface area contributed by atoms with Crippen molar-refractivity contribution in [3.05, 3.63) is 64.3 Å². The molecule has 1 aromatic carbocycles. The number of guanidine groups is 1. The van der Waals surface area contributed by atoms with E-state index in [4.69, 9.17) is 5.73 Å². The zero-order valence-corrected chi connectivity index (χ0v) is 20.4. The number of aliphatic imine (C=N–C) groups is 1. The molecule has 2 aliphatic rings. The first-order valence-electron chi connectivity index (χ1n) is 10.5. The van der Waals surface area contributed by atoms with Crippen LogP contribution in [0.4, 0.5) is 10.1 Å². The Morgan fingerprint density at radius 1 is 1.29 bits per heavy atom. The van der Waals surface area contributed by atoms with Crippen molar-refractivity contribution in [2.24, 2.45) is 10.7 Å². The van der Waals surface area contributed by atoms with Crippen molar-refractivity contribution in [3.63, 3.8) is 0 Å². The highest BCUT2D eigenvalue weighted by atomic mass is 79.9. The van der Waals surface area contributed by atoms with E-state index < -0.39 is 32.5 Å². The molecule has 0 bridgehead atoms. The number of sulfonamides is 1. The number of benzene rings is 1. The van der Waals surface area contributed by atoms with Gasteiger partial charge in [0.15, 0.2) is 5.69 Å². The largest absolute Gasteiger partial charge is 0.369 e. The molecule has 0 saturated heterocycles. The van der Waals surface area contributed by atoms with Crippen molar-refractivity contribution >= 4 is 54.4 Å². The Morgan fingerprint density at radius 3 is 2.88 bits per heavy atom. The molecule has 2 aromatic heterocycles. The fourth-order valence-electron chi connectivity index (χ4n) is 4.77. The number of halogens is 2. The molecular weight excluding hydrogens is 527 g/mol. The molecule has 3 N–H and O–H groups in total. The number of amides is 1. The van der Waals surface area contributed by atoms with Gasteiger partial charge in [0.2, 0.25) is 16.0 Å². The van der Waals surface area contributed by atoms with E-state index in [-0.39, 0.29) is 22.9 Å². The average molecular weight is 547 g/mol. The summed E-state index contributed by atoms with van der Waals surface area (Å²) < 4.78 is 42.9. The first-order chi connectivity index (χ1) is 16.1.